The fourth-order valence-electron chi connectivity index (χ4n) is 10.6. The van der Waals surface area contributed by atoms with Crippen LogP contribution in [0.15, 0.2) is 237 Å². The zero-order valence-electron chi connectivity index (χ0n) is 63.8. The van der Waals surface area contributed by atoms with Gasteiger partial charge in [0.05, 0.1) is 0 Å². The number of aryl methyl sites for hydroxylation is 14. The van der Waals surface area contributed by atoms with Crippen LogP contribution >= 0.6 is 0 Å². The van der Waals surface area contributed by atoms with Crippen molar-refractivity contribution in [3.63, 3.8) is 0 Å². The molecule has 0 heteroatoms. The van der Waals surface area contributed by atoms with Crippen molar-refractivity contribution in [3.05, 3.63) is 342 Å². The van der Waals surface area contributed by atoms with E-state index >= 15 is 0 Å². The van der Waals surface area contributed by atoms with Crippen LogP contribution in [0.3, 0.4) is 0 Å². The van der Waals surface area contributed by atoms with E-state index in [1.807, 2.05) is 0 Å². The fraction of sp³-hybridized carbons (Fsp3) is 0.347. The second-order valence-corrected chi connectivity index (χ2v) is 28.4. The molecule has 0 saturated heterocycles. The third-order valence-corrected chi connectivity index (χ3v) is 17.0. The zero-order valence-corrected chi connectivity index (χ0v) is 63.8. The molecule has 0 N–H and O–H groups in total. The zero-order chi connectivity index (χ0) is 70.6. The number of fused-ring (bicyclic) bond motifs is 2. The third-order valence-electron chi connectivity index (χ3n) is 17.0. The molecule has 0 amide bonds. The van der Waals surface area contributed by atoms with Crippen molar-refractivity contribution >= 4 is 21.5 Å². The van der Waals surface area contributed by atoms with Gasteiger partial charge in [0.15, 0.2) is 0 Å². The highest BCUT2D eigenvalue weighted by molar-refractivity contribution is 5.85. The molecular weight excluding hydrogens is 1140 g/mol. The first-order chi connectivity index (χ1) is 45.0. The summed E-state index contributed by atoms with van der Waals surface area (Å²) in [5.74, 6) is 2.12. The molecule has 0 spiro atoms. The van der Waals surface area contributed by atoms with Crippen LogP contribution in [-0.2, 0) is 18.3 Å². The van der Waals surface area contributed by atoms with Crippen LogP contribution in [0.4, 0.5) is 0 Å². The predicted octanol–water partition coefficient (Wildman–Crippen LogP) is 28.3. The summed E-state index contributed by atoms with van der Waals surface area (Å²) in [7, 11) is 0. The van der Waals surface area contributed by atoms with Crippen molar-refractivity contribution in [2.24, 2.45) is 5.92 Å². The average molecular weight is 1270 g/mol. The highest BCUT2D eigenvalue weighted by Gasteiger charge is 2.12. The molecule has 0 heterocycles. The van der Waals surface area contributed by atoms with Gasteiger partial charge in [-0.2, -0.15) is 0 Å². The number of hydrogen-bond donors (Lipinski definition) is 0. The van der Waals surface area contributed by atoms with Crippen molar-refractivity contribution in [1.29, 1.82) is 0 Å². The lowest BCUT2D eigenvalue weighted by molar-refractivity contribution is 0.590. The minimum Gasteiger partial charge on any atom is -0.0654 e. The number of benzene rings is 11. The van der Waals surface area contributed by atoms with Gasteiger partial charge in [-0.25, -0.2) is 0 Å². The Labute approximate surface area is 581 Å². The van der Waals surface area contributed by atoms with Gasteiger partial charge in [0.25, 0.3) is 0 Å². The molecule has 0 aromatic heterocycles. The Morgan fingerprint density at radius 3 is 1.14 bits per heavy atom. The van der Waals surface area contributed by atoms with Crippen LogP contribution in [0.1, 0.15) is 206 Å². The lowest BCUT2D eigenvalue weighted by atomic mass is 9.87. The van der Waals surface area contributed by atoms with E-state index in [2.05, 4.69) is 403 Å². The van der Waals surface area contributed by atoms with Gasteiger partial charge in [0.2, 0.25) is 0 Å². The maximum Gasteiger partial charge on any atom is -0.0132 e. The largest absolute Gasteiger partial charge is 0.0654 e. The van der Waals surface area contributed by atoms with Gasteiger partial charge >= 0.3 is 0 Å². The van der Waals surface area contributed by atoms with E-state index < -0.39 is 0 Å². The normalized spacial score (nSPS) is 10.7. The summed E-state index contributed by atoms with van der Waals surface area (Å²) in [6.45, 7) is 52.2. The predicted molar refractivity (Wildman–Crippen MR) is 428 cm³/mol. The van der Waals surface area contributed by atoms with E-state index in [0.717, 1.165) is 5.92 Å². The van der Waals surface area contributed by atoms with Crippen LogP contribution in [0.2, 0.25) is 0 Å². The summed E-state index contributed by atoms with van der Waals surface area (Å²) in [6, 6.07) is 84.6. The van der Waals surface area contributed by atoms with Gasteiger partial charge in [0.1, 0.15) is 0 Å². The highest BCUT2D eigenvalue weighted by Crippen LogP contribution is 2.23. The minimum atomic E-state index is 0.285. The smallest absolute Gasteiger partial charge is 0.0132 e. The van der Waals surface area contributed by atoms with Gasteiger partial charge in [-0.3, -0.25) is 0 Å². The minimum absolute atomic E-state index is 0.285. The average Bonchev–Trinajstić information content (AvgIpc) is 0.982. The molecule has 0 aliphatic carbocycles. The maximum atomic E-state index is 2.27. The Morgan fingerprint density at radius 2 is 0.705 bits per heavy atom. The quantitative estimate of drug-likeness (QED) is 0.142. The Morgan fingerprint density at radius 1 is 0.316 bits per heavy atom. The topological polar surface area (TPSA) is 0 Å². The molecule has 504 valence electrons. The second kappa shape index (κ2) is 43.1. The lowest BCUT2D eigenvalue weighted by Crippen LogP contribution is -2.10. The SMILES string of the molecule is CCC(C)c1ccc(C)cc1.CCCCc1ccc(C)cc1.Cc1cc(C)c(C)c(C)c1.Cc1cc(C)cc(C)c1.Cc1ccc(C(C)(C)C)cc1.Cc1ccc(C(C)C)cc1.Cc1ccc(CC(C)C)cc1.Cc1ccc2ccccc2c1.Cc1cccc2ccccc12. The number of unbranched alkanes of at least 4 members (excludes halogenated alkanes) is 1. The molecule has 0 fully saturated rings. The highest BCUT2D eigenvalue weighted by atomic mass is 14.2. The summed E-state index contributed by atoms with van der Waals surface area (Å²) < 4.78 is 0. The Bertz CT molecular complexity index is 3770. The fourth-order valence-corrected chi connectivity index (χ4v) is 10.6. The van der Waals surface area contributed by atoms with Crippen molar-refractivity contribution < 1.29 is 0 Å². The van der Waals surface area contributed by atoms with Crippen molar-refractivity contribution in [2.75, 3.05) is 0 Å². The molecule has 11 aromatic carbocycles. The number of hydrogen-bond acceptors (Lipinski definition) is 0. The molecule has 0 aliphatic heterocycles. The van der Waals surface area contributed by atoms with E-state index in [1.165, 1.54) is 159 Å². The van der Waals surface area contributed by atoms with Crippen LogP contribution in [0.5, 0.6) is 0 Å². The summed E-state index contributed by atoms with van der Waals surface area (Å²) in [5.41, 5.74) is 26.5. The molecule has 95 heavy (non-hydrogen) atoms. The van der Waals surface area contributed by atoms with Crippen molar-refractivity contribution in [3.8, 4) is 0 Å². The Balaban J connectivity index is 0.000000279. The van der Waals surface area contributed by atoms with E-state index in [0.29, 0.717) is 11.8 Å². The van der Waals surface area contributed by atoms with Gasteiger partial charge in [-0.05, 0) is 217 Å². The molecule has 0 saturated carbocycles. The molecule has 0 aliphatic rings. The van der Waals surface area contributed by atoms with E-state index in [9.17, 15) is 0 Å². The van der Waals surface area contributed by atoms with E-state index in [4.69, 9.17) is 0 Å². The molecule has 11 rings (SSSR count). The Kier molecular flexibility index (Phi) is 36.8. The third kappa shape index (κ3) is 33.3. The lowest BCUT2D eigenvalue weighted by Gasteiger charge is -2.18. The van der Waals surface area contributed by atoms with E-state index in [1.54, 1.807) is 0 Å². The second-order valence-electron chi connectivity index (χ2n) is 28.4. The van der Waals surface area contributed by atoms with Crippen molar-refractivity contribution in [1.82, 2.24) is 0 Å². The summed E-state index contributed by atoms with van der Waals surface area (Å²) in [6.07, 6.45) is 6.25. The van der Waals surface area contributed by atoms with Crippen LogP contribution in [-0.4, -0.2) is 0 Å². The summed E-state index contributed by atoms with van der Waals surface area (Å²) in [4.78, 5) is 0. The van der Waals surface area contributed by atoms with Gasteiger partial charge < -0.3 is 0 Å². The molecule has 1 unspecified atom stereocenters. The summed E-state index contributed by atoms with van der Waals surface area (Å²) >= 11 is 0. The Hall–Kier alpha value is -8.06. The van der Waals surface area contributed by atoms with Gasteiger partial charge in [-0.15, -0.1) is 0 Å². The molecule has 0 bridgehead atoms. The van der Waals surface area contributed by atoms with E-state index in [-0.39, 0.29) is 5.41 Å². The van der Waals surface area contributed by atoms with Gasteiger partial charge in [0, 0.05) is 0 Å². The van der Waals surface area contributed by atoms with Crippen LogP contribution in [0.25, 0.3) is 21.5 Å². The molecule has 0 radical (unpaired) electrons. The van der Waals surface area contributed by atoms with Crippen LogP contribution < -0.4 is 0 Å². The summed E-state index contributed by atoms with van der Waals surface area (Å²) in [5, 5.41) is 5.33. The first-order valence-electron chi connectivity index (χ1n) is 35.3. The molecule has 1 atom stereocenters. The van der Waals surface area contributed by atoms with Gasteiger partial charge in [-0.1, -0.05) is 368 Å². The maximum absolute atomic E-state index is 2.27. The molecule has 0 nitrogen and oxygen atoms in total. The monoisotopic (exact) mass is 1260 g/mol. The molecular formula is C95H124. The number of rotatable bonds is 8. The standard InChI is InChI=1S/2C11H10.4C11H16.2C10H14.C9H12/c1-9-5-4-7-10-6-2-3-8-11(9)10;1-9-6-7-10-4-2-3-5-11(10)8-9;1-9-5-7-10(8-6-9)11(2,3)4;1-9(2)8-11-6-4-10(3)5-7-11;1-4-10(3)11-7-5-9(2)6-8-11;1-3-4-5-11-8-6-10(2)7-9-11;1-7-5-8(2)10(4)9(3)6-7;1-8(2)10-6-4-9(3)5-7-10;1-7-4-8(2)6-9(3)5-7/h2*2-8H,1H3;5-8H,1-4H3;4-7,9H,8H2,1-3H3;5-8,10H,4H2,1-3H3;6-9H,3-5H2,1-2H3;5-6H,1-4H3;4-8H,1-3H3;4-6H,1-3H3. The first kappa shape index (κ1) is 81.2. The van der Waals surface area contributed by atoms with Crippen LogP contribution in [0, 0.1) is 103 Å². The first-order valence-corrected chi connectivity index (χ1v) is 35.3. The molecule has 11 aromatic rings. The van der Waals surface area contributed by atoms with Crippen molar-refractivity contribution in [2.45, 2.75) is 216 Å².